The Morgan fingerprint density at radius 1 is 0.366 bits per heavy atom. The number of rotatable bonds is 4. The van der Waals surface area contributed by atoms with Crippen LogP contribution < -0.4 is 93.0 Å². The number of nitrogens with one attached hydrogen (secondary N) is 1. The Balaban J connectivity index is 2.25. The Bertz CT molecular complexity index is 1610. The van der Waals surface area contributed by atoms with Crippen LogP contribution in [0.15, 0.2) is 12.1 Å². The molecular formula is C24H35B15N2. The molecule has 0 saturated carbocycles. The summed E-state index contributed by atoms with van der Waals surface area (Å²) in [5.41, 5.74) is 34.8. The molecular weight excluding hydrogens is 478 g/mol. The lowest BCUT2D eigenvalue weighted by atomic mass is 9.58. The van der Waals surface area contributed by atoms with Gasteiger partial charge in [-0.3, -0.25) is 0 Å². The lowest BCUT2D eigenvalue weighted by Crippen LogP contribution is -2.55. The van der Waals surface area contributed by atoms with E-state index in [-0.39, 0.29) is 0 Å². The van der Waals surface area contributed by atoms with Gasteiger partial charge in [0.25, 0.3) is 0 Å². The second-order valence-electron chi connectivity index (χ2n) is 12.6. The molecule has 0 bridgehead atoms. The molecule has 0 aliphatic rings. The second-order valence-corrected chi connectivity index (χ2v) is 12.6. The molecule has 4 aromatic rings. The first-order valence-electron chi connectivity index (χ1n) is 14.9. The number of anilines is 3. The maximum Gasteiger partial charge on any atom is 0.141 e. The van der Waals surface area contributed by atoms with E-state index in [1.165, 1.54) is 98.7 Å². The van der Waals surface area contributed by atoms with E-state index in [4.69, 9.17) is 5.73 Å². The molecule has 0 heterocycles. The van der Waals surface area contributed by atoms with Crippen molar-refractivity contribution in [1.82, 2.24) is 0 Å². The fourth-order valence-electron chi connectivity index (χ4n) is 6.75. The van der Waals surface area contributed by atoms with E-state index in [0.29, 0.717) is 0 Å². The van der Waals surface area contributed by atoms with Crippen LogP contribution in [0.2, 0.25) is 0 Å². The fourth-order valence-corrected chi connectivity index (χ4v) is 6.75. The van der Waals surface area contributed by atoms with Gasteiger partial charge in [0.1, 0.15) is 118 Å². The third-order valence-electron chi connectivity index (χ3n) is 10.8. The predicted molar refractivity (Wildman–Crippen MR) is 234 cm³/mol. The van der Waals surface area contributed by atoms with Crippen LogP contribution in [0.5, 0.6) is 0 Å². The quantitative estimate of drug-likeness (QED) is 0.210. The molecule has 0 fully saturated rings. The van der Waals surface area contributed by atoms with Crippen LogP contribution in [-0.2, 0) is 0 Å². The fraction of sp³-hybridized carbons (Fsp3) is 0. The lowest BCUT2D eigenvalue weighted by Gasteiger charge is -2.29. The molecule has 0 aliphatic heterocycles. The molecule has 17 heteroatoms. The summed E-state index contributed by atoms with van der Waals surface area (Å²) >= 11 is 0. The molecule has 3 N–H and O–H groups in total. The molecule has 0 spiro atoms. The minimum Gasteiger partial charge on any atom is -0.398 e. The summed E-state index contributed by atoms with van der Waals surface area (Å²) in [5, 5.41) is 4.00. The van der Waals surface area contributed by atoms with Gasteiger partial charge in [-0.2, -0.15) is 0 Å². The van der Waals surface area contributed by atoms with E-state index in [1.54, 1.807) is 0 Å². The smallest absolute Gasteiger partial charge is 0.141 e. The highest BCUT2D eigenvalue weighted by Crippen LogP contribution is 2.36. The van der Waals surface area contributed by atoms with Gasteiger partial charge < -0.3 is 11.1 Å². The molecule has 4 aromatic carbocycles. The largest absolute Gasteiger partial charge is 0.398 e. The van der Waals surface area contributed by atoms with Crippen LogP contribution in [-0.4, -0.2) is 118 Å². The van der Waals surface area contributed by atoms with Crippen LogP contribution in [0.25, 0.3) is 22.3 Å². The van der Waals surface area contributed by atoms with Gasteiger partial charge in [-0.05, 0) is 11.1 Å². The van der Waals surface area contributed by atoms with Gasteiger partial charge >= 0.3 is 0 Å². The Labute approximate surface area is 261 Å². The van der Waals surface area contributed by atoms with E-state index in [1.807, 2.05) is 0 Å². The van der Waals surface area contributed by atoms with Gasteiger partial charge in [-0.25, -0.2) is 0 Å². The molecule has 0 radical (unpaired) electrons. The molecule has 186 valence electrons. The average molecular weight is 514 g/mol. The summed E-state index contributed by atoms with van der Waals surface area (Å²) in [4.78, 5) is 0. The lowest BCUT2D eigenvalue weighted by molar-refractivity contribution is 1.59. The van der Waals surface area contributed by atoms with Crippen molar-refractivity contribution in [3.63, 3.8) is 0 Å². The van der Waals surface area contributed by atoms with E-state index >= 15 is 0 Å². The van der Waals surface area contributed by atoms with Gasteiger partial charge in [-0.15, -0.1) is 32.8 Å². The zero-order valence-electron chi connectivity index (χ0n) is 28.2. The summed E-state index contributed by atoms with van der Waals surface area (Å²) < 4.78 is 0. The number of nitrogens with two attached hydrogens (primary N) is 1. The van der Waals surface area contributed by atoms with Crippen molar-refractivity contribution in [2.45, 2.75) is 0 Å². The van der Waals surface area contributed by atoms with Crippen LogP contribution in [0.4, 0.5) is 17.1 Å². The van der Waals surface area contributed by atoms with Crippen molar-refractivity contribution in [3.8, 4) is 22.3 Å². The zero-order valence-corrected chi connectivity index (χ0v) is 28.2. The molecule has 0 atom stereocenters. The van der Waals surface area contributed by atoms with Crippen LogP contribution in [0.1, 0.15) is 0 Å². The number of nitrogen functional groups attached to an aromatic ring is 1. The standard InChI is InChI=1S/C24H35B15N2/c25-3-1-4(6-8(26)12(30)16(34)13(31)9(6)27)23(41-24-21(39)19(37)18(36)20(38)22(24)40)5(2-3)7-10(28)14(32)17(35)15(33)11(7)29/h1-2,41H,25-40H2. The van der Waals surface area contributed by atoms with Crippen molar-refractivity contribution < 1.29 is 0 Å². The molecule has 0 unspecified atom stereocenters. The zero-order chi connectivity index (χ0) is 30.8. The summed E-state index contributed by atoms with van der Waals surface area (Å²) in [6.45, 7) is 0. The Morgan fingerprint density at radius 2 is 0.659 bits per heavy atom. The summed E-state index contributed by atoms with van der Waals surface area (Å²) in [6, 6.07) is 4.74. The molecule has 0 amide bonds. The van der Waals surface area contributed by atoms with Crippen molar-refractivity contribution in [2.24, 2.45) is 0 Å². The van der Waals surface area contributed by atoms with E-state index in [9.17, 15) is 0 Å². The van der Waals surface area contributed by atoms with Gasteiger partial charge in [0.2, 0.25) is 0 Å². The molecule has 0 aliphatic carbocycles. The molecule has 4 rings (SSSR count). The monoisotopic (exact) mass is 516 g/mol. The Hall–Kier alpha value is -2.55. The number of benzene rings is 4. The van der Waals surface area contributed by atoms with Crippen LogP contribution in [0.3, 0.4) is 0 Å². The minimum atomic E-state index is 0.831. The first-order chi connectivity index (χ1) is 19.0. The summed E-state index contributed by atoms with van der Waals surface area (Å²) in [5.74, 6) is 0. The highest BCUT2D eigenvalue weighted by atomic mass is 14.9. The van der Waals surface area contributed by atoms with Crippen molar-refractivity contribution in [3.05, 3.63) is 12.1 Å². The van der Waals surface area contributed by atoms with Gasteiger partial charge in [-0.1, -0.05) is 61.3 Å². The third-order valence-corrected chi connectivity index (χ3v) is 10.8. The first-order valence-corrected chi connectivity index (χ1v) is 14.9. The maximum atomic E-state index is 6.90. The maximum absolute atomic E-state index is 6.90. The molecule has 41 heavy (non-hydrogen) atoms. The SMILES string of the molecule is Bc1cc(-c2c(B)c(B)c(B)c(B)c2B)c(Nc2c(B)c(B)c(B)c(B)c2N)c(-c2c(B)c(B)c(B)c(B)c2B)c1. The van der Waals surface area contributed by atoms with E-state index < -0.39 is 0 Å². The topological polar surface area (TPSA) is 38.0 Å². The Morgan fingerprint density at radius 3 is 1.02 bits per heavy atom. The van der Waals surface area contributed by atoms with E-state index in [0.717, 1.165) is 22.5 Å². The molecule has 0 aromatic heterocycles. The predicted octanol–water partition coefficient (Wildman–Crippen LogP) is -19.8. The van der Waals surface area contributed by atoms with Crippen molar-refractivity contribution in [1.29, 1.82) is 0 Å². The van der Waals surface area contributed by atoms with Gasteiger partial charge in [0, 0.05) is 16.8 Å². The van der Waals surface area contributed by atoms with Crippen LogP contribution >= 0.6 is 0 Å². The first kappa shape index (κ1) is 31.4. The van der Waals surface area contributed by atoms with Crippen molar-refractivity contribution >= 4 is 217 Å². The number of hydrogen-bond acceptors (Lipinski definition) is 2. The third kappa shape index (κ3) is 4.96. The van der Waals surface area contributed by atoms with Crippen molar-refractivity contribution in [2.75, 3.05) is 11.1 Å². The van der Waals surface area contributed by atoms with E-state index in [2.05, 4.69) is 135 Å². The highest BCUT2D eigenvalue weighted by Gasteiger charge is 2.24. The minimum absolute atomic E-state index is 0.831. The summed E-state index contributed by atoms with van der Waals surface area (Å²) in [6.07, 6.45) is 0. The van der Waals surface area contributed by atoms with Gasteiger partial charge in [0.15, 0.2) is 0 Å². The molecule has 0 saturated heterocycles. The second kappa shape index (κ2) is 11.3. The van der Waals surface area contributed by atoms with Crippen LogP contribution in [0, 0.1) is 0 Å². The summed E-state index contributed by atoms with van der Waals surface area (Å²) in [7, 11) is 33.6. The molecule has 2 nitrogen and oxygen atoms in total. The highest BCUT2D eigenvalue weighted by molar-refractivity contribution is 6.70. The van der Waals surface area contributed by atoms with Gasteiger partial charge in [0.05, 0.1) is 11.4 Å². The average Bonchev–Trinajstić information content (AvgIpc) is 2.94. The number of hydrogen-bond donors (Lipinski definition) is 2. The normalized spacial score (nSPS) is 11.0. The Kier molecular flexibility index (Phi) is 8.63.